The molecule has 3 fully saturated rings. The van der Waals surface area contributed by atoms with Gasteiger partial charge in [-0.15, -0.1) is 0 Å². The van der Waals surface area contributed by atoms with E-state index in [1.54, 1.807) is 28.8 Å². The number of likely N-dealkylation sites (tertiary alicyclic amines) is 2. The van der Waals surface area contributed by atoms with Crippen molar-refractivity contribution in [3.8, 4) is 0 Å². The molecule has 0 aliphatic carbocycles. The number of fused-ring (bicyclic) bond motifs is 2. The van der Waals surface area contributed by atoms with E-state index < -0.39 is 0 Å². The van der Waals surface area contributed by atoms with Gasteiger partial charge in [0, 0.05) is 58.8 Å². The van der Waals surface area contributed by atoms with E-state index in [1.165, 1.54) is 7.11 Å². The smallest absolute Gasteiger partial charge is 0.319 e. The van der Waals surface area contributed by atoms with Crippen molar-refractivity contribution in [3.05, 3.63) is 0 Å². The number of rotatable bonds is 2. The number of amides is 4. The fourth-order valence-corrected chi connectivity index (χ4v) is 4.36. The molecule has 8 heteroatoms. The highest BCUT2D eigenvalue weighted by Gasteiger charge is 2.58. The van der Waals surface area contributed by atoms with Crippen LogP contribution < -0.4 is 5.32 Å². The Morgan fingerprint density at radius 2 is 1.92 bits per heavy atom. The molecule has 3 saturated heterocycles. The topological polar surface area (TPSA) is 82.2 Å². The predicted octanol–water partition coefficient (Wildman–Crippen LogP) is -0.647. The van der Waals surface area contributed by atoms with Gasteiger partial charge in [0.1, 0.15) is 6.61 Å². The lowest BCUT2D eigenvalue weighted by molar-refractivity contribution is -0.137. The molecule has 3 heterocycles. The lowest BCUT2D eigenvalue weighted by Crippen LogP contribution is -2.57. The summed E-state index contributed by atoms with van der Waals surface area (Å²) in [5, 5.41) is 3.19. The maximum atomic E-state index is 12.4. The average Bonchev–Trinajstić information content (AvgIpc) is 3.09. The maximum absolute atomic E-state index is 12.4. The van der Waals surface area contributed by atoms with Crippen molar-refractivity contribution >= 4 is 17.8 Å². The van der Waals surface area contributed by atoms with Crippen LogP contribution in [0.1, 0.15) is 12.8 Å². The summed E-state index contributed by atoms with van der Waals surface area (Å²) in [5.41, 5.74) is -0.285. The molecule has 3 aliphatic heterocycles. The number of nitrogens with zero attached hydrogens (tertiary/aromatic N) is 3. The minimum absolute atomic E-state index is 0.0101. The Hall–Kier alpha value is -1.83. The molecule has 24 heavy (non-hydrogen) atoms. The quantitative estimate of drug-likeness (QED) is 0.726. The van der Waals surface area contributed by atoms with Crippen LogP contribution in [0.15, 0.2) is 0 Å². The molecule has 0 saturated carbocycles. The van der Waals surface area contributed by atoms with E-state index >= 15 is 0 Å². The highest BCUT2D eigenvalue weighted by molar-refractivity contribution is 5.85. The van der Waals surface area contributed by atoms with E-state index in [9.17, 15) is 14.4 Å². The molecule has 3 rings (SSSR count). The Labute approximate surface area is 142 Å². The van der Waals surface area contributed by atoms with Gasteiger partial charge in [0.25, 0.3) is 0 Å². The molecule has 0 unspecified atom stereocenters. The third-order valence-corrected chi connectivity index (χ3v) is 5.67. The Bertz CT molecular complexity index is 542. The molecule has 8 nitrogen and oxygen atoms in total. The van der Waals surface area contributed by atoms with Crippen molar-refractivity contribution in [1.29, 1.82) is 0 Å². The van der Waals surface area contributed by atoms with Crippen molar-refractivity contribution in [1.82, 2.24) is 20.0 Å². The van der Waals surface area contributed by atoms with Gasteiger partial charge in [-0.1, -0.05) is 0 Å². The fourth-order valence-electron chi connectivity index (χ4n) is 4.36. The van der Waals surface area contributed by atoms with Gasteiger partial charge in [0.15, 0.2) is 0 Å². The summed E-state index contributed by atoms with van der Waals surface area (Å²) in [6, 6.07) is -0.0416. The molecule has 134 valence electrons. The highest BCUT2D eigenvalue weighted by Crippen LogP contribution is 2.44. The van der Waals surface area contributed by atoms with Crippen molar-refractivity contribution in [2.45, 2.75) is 18.4 Å². The molecule has 1 spiro atoms. The number of ether oxygens (including phenoxy) is 1. The normalized spacial score (nSPS) is 28.0. The van der Waals surface area contributed by atoms with Gasteiger partial charge < -0.3 is 24.8 Å². The van der Waals surface area contributed by atoms with Crippen molar-refractivity contribution < 1.29 is 19.1 Å². The second-order valence-corrected chi connectivity index (χ2v) is 7.25. The summed E-state index contributed by atoms with van der Waals surface area (Å²) in [5.74, 6) is 0.0403. The molecule has 0 aromatic heterocycles. The van der Waals surface area contributed by atoms with Crippen LogP contribution in [-0.4, -0.2) is 92.1 Å². The third-order valence-electron chi connectivity index (χ3n) is 5.67. The molecule has 3 aliphatic rings. The largest absolute Gasteiger partial charge is 0.375 e. The van der Waals surface area contributed by atoms with E-state index in [2.05, 4.69) is 5.32 Å². The standard InChI is InChI=1S/C16H26N4O4/c1-18(2)15(23)20-8-11-12(9-20)16(17-14(11)22)4-6-19(7-5-16)13(21)10-24-3/h11-12H,4-10H2,1-3H3,(H,17,22)/t11-,12+/m1/s1. The first-order chi connectivity index (χ1) is 11.4. The number of carbonyl (C=O) groups excluding carboxylic acids is 3. The molecule has 0 aromatic carbocycles. The zero-order valence-electron chi connectivity index (χ0n) is 14.6. The summed E-state index contributed by atoms with van der Waals surface area (Å²) in [6.07, 6.45) is 1.47. The van der Waals surface area contributed by atoms with Gasteiger partial charge in [0.05, 0.1) is 5.92 Å². The summed E-state index contributed by atoms with van der Waals surface area (Å²) in [7, 11) is 4.97. The van der Waals surface area contributed by atoms with Gasteiger partial charge in [-0.05, 0) is 12.8 Å². The Balaban J connectivity index is 1.69. The third kappa shape index (κ3) is 2.72. The van der Waals surface area contributed by atoms with Crippen LogP contribution in [0.2, 0.25) is 0 Å². The molecule has 2 atom stereocenters. The number of nitrogens with one attached hydrogen (secondary N) is 1. The van der Waals surface area contributed by atoms with Crippen molar-refractivity contribution in [2.24, 2.45) is 11.8 Å². The summed E-state index contributed by atoms with van der Waals surface area (Å²) < 4.78 is 4.91. The van der Waals surface area contributed by atoms with Gasteiger partial charge >= 0.3 is 6.03 Å². The van der Waals surface area contributed by atoms with Crippen LogP contribution in [0, 0.1) is 11.8 Å². The molecular formula is C16H26N4O4. The van der Waals surface area contributed by atoms with Crippen molar-refractivity contribution in [3.63, 3.8) is 0 Å². The summed E-state index contributed by atoms with van der Waals surface area (Å²) in [6.45, 7) is 2.42. The van der Waals surface area contributed by atoms with Crippen LogP contribution >= 0.6 is 0 Å². The predicted molar refractivity (Wildman–Crippen MR) is 86.2 cm³/mol. The van der Waals surface area contributed by atoms with E-state index in [4.69, 9.17) is 4.74 Å². The number of hydrogen-bond acceptors (Lipinski definition) is 4. The van der Waals surface area contributed by atoms with Crippen LogP contribution in [0.25, 0.3) is 0 Å². The number of carbonyl (C=O) groups is 3. The van der Waals surface area contributed by atoms with Crippen LogP contribution in [0.4, 0.5) is 4.79 Å². The van der Waals surface area contributed by atoms with Gasteiger partial charge in [-0.25, -0.2) is 4.79 Å². The van der Waals surface area contributed by atoms with Crippen LogP contribution in [0.3, 0.4) is 0 Å². The number of piperidine rings is 1. The minimum Gasteiger partial charge on any atom is -0.375 e. The van der Waals surface area contributed by atoms with E-state index in [-0.39, 0.29) is 41.8 Å². The number of urea groups is 1. The first-order valence-electron chi connectivity index (χ1n) is 8.43. The Kier molecular flexibility index (Phi) is 4.42. The first-order valence-corrected chi connectivity index (χ1v) is 8.43. The molecule has 4 amide bonds. The van der Waals surface area contributed by atoms with Crippen molar-refractivity contribution in [2.75, 3.05) is 54.0 Å². The lowest BCUT2D eigenvalue weighted by atomic mass is 9.75. The SMILES string of the molecule is COCC(=O)N1CCC2(CC1)NC(=O)[C@@H]1CN(C(=O)N(C)C)C[C@@H]12. The molecule has 1 N–H and O–H groups in total. The average molecular weight is 338 g/mol. The van der Waals surface area contributed by atoms with E-state index in [0.29, 0.717) is 26.2 Å². The summed E-state index contributed by atoms with van der Waals surface area (Å²) in [4.78, 5) is 41.7. The van der Waals surface area contributed by atoms with E-state index in [0.717, 1.165) is 12.8 Å². The zero-order valence-corrected chi connectivity index (χ0v) is 14.6. The van der Waals surface area contributed by atoms with E-state index in [1.807, 2.05) is 0 Å². The molecule has 0 bridgehead atoms. The fraction of sp³-hybridized carbons (Fsp3) is 0.812. The zero-order chi connectivity index (χ0) is 17.5. The minimum atomic E-state index is -0.285. The van der Waals surface area contributed by atoms with Crippen LogP contribution in [0.5, 0.6) is 0 Å². The van der Waals surface area contributed by atoms with Crippen LogP contribution in [-0.2, 0) is 14.3 Å². The monoisotopic (exact) mass is 338 g/mol. The first kappa shape index (κ1) is 17.0. The number of hydrogen-bond donors (Lipinski definition) is 1. The second kappa shape index (κ2) is 6.23. The summed E-state index contributed by atoms with van der Waals surface area (Å²) >= 11 is 0. The Morgan fingerprint density at radius 1 is 1.25 bits per heavy atom. The van der Waals surface area contributed by atoms with Gasteiger partial charge in [-0.3, -0.25) is 9.59 Å². The number of methoxy groups -OCH3 is 1. The molecular weight excluding hydrogens is 312 g/mol. The second-order valence-electron chi connectivity index (χ2n) is 7.25. The lowest BCUT2D eigenvalue weighted by Gasteiger charge is -2.42. The van der Waals surface area contributed by atoms with Gasteiger partial charge in [0.2, 0.25) is 11.8 Å². The Morgan fingerprint density at radius 3 is 2.50 bits per heavy atom. The highest BCUT2D eigenvalue weighted by atomic mass is 16.5. The molecule has 0 radical (unpaired) electrons. The molecule has 0 aromatic rings. The maximum Gasteiger partial charge on any atom is 0.319 e. The van der Waals surface area contributed by atoms with Gasteiger partial charge in [-0.2, -0.15) is 0 Å².